The van der Waals surface area contributed by atoms with Crippen LogP contribution in [-0.2, 0) is 11.3 Å². The molecule has 0 bridgehead atoms. The van der Waals surface area contributed by atoms with Crippen molar-refractivity contribution in [2.45, 2.75) is 38.2 Å². The molecule has 1 fully saturated rings. The molecule has 1 aromatic carbocycles. The number of halogens is 3. The zero-order valence-corrected chi connectivity index (χ0v) is 13.1. The summed E-state index contributed by atoms with van der Waals surface area (Å²) in [4.78, 5) is 14.5. The molecule has 1 aliphatic heterocycles. The maximum absolute atomic E-state index is 12.7. The Bertz CT molecular complexity index is 639. The molecule has 2 aliphatic rings. The number of amides is 1. The minimum atomic E-state index is -4.72. The highest BCUT2D eigenvalue weighted by Gasteiger charge is 2.34. The van der Waals surface area contributed by atoms with Crippen molar-refractivity contribution < 1.29 is 22.7 Å². The second-order valence-electron chi connectivity index (χ2n) is 6.05. The summed E-state index contributed by atoms with van der Waals surface area (Å²) in [6, 6.07) is 5.98. The normalized spacial score (nSPS) is 18.0. The van der Waals surface area contributed by atoms with Gasteiger partial charge in [0.25, 0.3) is 5.91 Å². The van der Waals surface area contributed by atoms with Gasteiger partial charge in [0.05, 0.1) is 0 Å². The highest BCUT2D eigenvalue weighted by atomic mass is 19.4. The first-order valence-electron chi connectivity index (χ1n) is 7.98. The van der Waals surface area contributed by atoms with Gasteiger partial charge >= 0.3 is 6.36 Å². The van der Waals surface area contributed by atoms with E-state index in [4.69, 9.17) is 0 Å². The van der Waals surface area contributed by atoms with Gasteiger partial charge in [-0.05, 0) is 43.5 Å². The van der Waals surface area contributed by atoms with E-state index in [2.05, 4.69) is 10.1 Å². The fraction of sp³-hybridized carbons (Fsp3) is 0.471. The predicted octanol–water partition coefficient (Wildman–Crippen LogP) is 3.00. The fourth-order valence-electron chi connectivity index (χ4n) is 2.78. The Hall–Kier alpha value is -2.02. The van der Waals surface area contributed by atoms with Crippen LogP contribution in [0.25, 0.3) is 0 Å². The van der Waals surface area contributed by atoms with E-state index in [1.54, 1.807) is 11.0 Å². The molecule has 130 valence electrons. The minimum absolute atomic E-state index is 0.0353. The lowest BCUT2D eigenvalue weighted by Crippen LogP contribution is -2.38. The first-order valence-corrected chi connectivity index (χ1v) is 7.98. The van der Waals surface area contributed by atoms with Crippen LogP contribution in [0, 0.1) is 0 Å². The minimum Gasteiger partial charge on any atom is -0.406 e. The van der Waals surface area contributed by atoms with Crippen LogP contribution in [0.1, 0.15) is 24.8 Å². The number of nitrogens with one attached hydrogen (secondary N) is 1. The molecule has 0 spiro atoms. The van der Waals surface area contributed by atoms with Crippen LogP contribution in [0.3, 0.4) is 0 Å². The van der Waals surface area contributed by atoms with Crippen LogP contribution < -0.4 is 10.1 Å². The summed E-state index contributed by atoms with van der Waals surface area (Å²) in [6.45, 7) is 1.69. The van der Waals surface area contributed by atoms with E-state index in [1.165, 1.54) is 18.2 Å². The second-order valence-corrected chi connectivity index (χ2v) is 6.05. The molecular formula is C17H19F3N2O2. The molecule has 24 heavy (non-hydrogen) atoms. The molecule has 1 aliphatic carbocycles. The summed E-state index contributed by atoms with van der Waals surface area (Å²) in [6.07, 6.45) is -0.0918. The molecule has 0 atom stereocenters. The van der Waals surface area contributed by atoms with Gasteiger partial charge in [0.15, 0.2) is 0 Å². The Balaban J connectivity index is 1.73. The first kappa shape index (κ1) is 16.8. The van der Waals surface area contributed by atoms with E-state index in [-0.39, 0.29) is 24.2 Å². The third-order valence-electron chi connectivity index (χ3n) is 4.04. The summed E-state index contributed by atoms with van der Waals surface area (Å²) in [5, 5.41) is 3.17. The quantitative estimate of drug-likeness (QED) is 0.896. The van der Waals surface area contributed by atoms with Crippen LogP contribution in [0.5, 0.6) is 5.75 Å². The maximum atomic E-state index is 12.7. The number of hydrogen-bond donors (Lipinski definition) is 1. The van der Waals surface area contributed by atoms with Gasteiger partial charge in [-0.1, -0.05) is 18.2 Å². The lowest BCUT2D eigenvalue weighted by atomic mass is 10.1. The monoisotopic (exact) mass is 340 g/mol. The van der Waals surface area contributed by atoms with Crippen LogP contribution in [0.15, 0.2) is 35.9 Å². The number of alkyl halides is 3. The first-order chi connectivity index (χ1) is 11.4. The number of ether oxygens (including phenoxy) is 1. The summed E-state index contributed by atoms with van der Waals surface area (Å²) in [5.74, 6) is -0.298. The van der Waals surface area contributed by atoms with Crippen LogP contribution in [0.4, 0.5) is 13.2 Å². The van der Waals surface area contributed by atoms with Gasteiger partial charge in [0.1, 0.15) is 5.75 Å². The second kappa shape index (κ2) is 6.84. The van der Waals surface area contributed by atoms with Gasteiger partial charge in [-0.2, -0.15) is 0 Å². The van der Waals surface area contributed by atoms with Crippen molar-refractivity contribution in [2.75, 3.05) is 13.1 Å². The summed E-state index contributed by atoms with van der Waals surface area (Å²) in [5.41, 5.74) is 1.36. The van der Waals surface area contributed by atoms with Gasteiger partial charge in [-0.25, -0.2) is 0 Å². The Kier molecular flexibility index (Phi) is 4.80. The summed E-state index contributed by atoms with van der Waals surface area (Å²) >= 11 is 0. The number of nitrogens with zero attached hydrogens (tertiary/aromatic N) is 1. The van der Waals surface area contributed by atoms with E-state index >= 15 is 0 Å². The molecule has 7 heteroatoms. The summed E-state index contributed by atoms with van der Waals surface area (Å²) < 4.78 is 41.0. The van der Waals surface area contributed by atoms with E-state index < -0.39 is 6.36 Å². The molecule has 1 amide bonds. The van der Waals surface area contributed by atoms with Crippen molar-refractivity contribution in [2.24, 2.45) is 0 Å². The summed E-state index contributed by atoms with van der Waals surface area (Å²) in [7, 11) is 0. The van der Waals surface area contributed by atoms with Crippen LogP contribution in [-0.4, -0.2) is 36.3 Å². The Labute approximate surface area is 138 Å². The molecule has 1 saturated carbocycles. The standard InChI is InChI=1S/C17H19F3N2O2/c18-17(19,20)24-15-5-1-3-12(9-15)11-22(14-6-7-14)16(23)13-4-2-8-21-10-13/h1,3-5,9,14,21H,2,6-8,10-11H2. The number of carbonyl (C=O) groups excluding carboxylic acids is 1. The molecule has 1 aromatic rings. The molecule has 0 saturated heterocycles. The van der Waals surface area contributed by atoms with Gasteiger partial charge in [0, 0.05) is 24.7 Å². The van der Waals surface area contributed by atoms with Gasteiger partial charge in [0.2, 0.25) is 0 Å². The predicted molar refractivity (Wildman–Crippen MR) is 82.3 cm³/mol. The highest BCUT2D eigenvalue weighted by molar-refractivity contribution is 5.94. The Morgan fingerprint density at radius 3 is 2.75 bits per heavy atom. The van der Waals surface area contributed by atoms with Crippen molar-refractivity contribution in [3.8, 4) is 5.75 Å². The maximum Gasteiger partial charge on any atom is 0.573 e. The smallest absolute Gasteiger partial charge is 0.406 e. The van der Waals surface area contributed by atoms with Crippen molar-refractivity contribution in [1.29, 1.82) is 0 Å². The van der Waals surface area contributed by atoms with E-state index in [0.29, 0.717) is 12.1 Å². The molecule has 3 rings (SSSR count). The molecule has 4 nitrogen and oxygen atoms in total. The average molecular weight is 340 g/mol. The van der Waals surface area contributed by atoms with Crippen molar-refractivity contribution >= 4 is 5.91 Å². The van der Waals surface area contributed by atoms with Gasteiger partial charge in [-0.15, -0.1) is 13.2 Å². The Morgan fingerprint density at radius 1 is 1.33 bits per heavy atom. The van der Waals surface area contributed by atoms with Crippen molar-refractivity contribution in [3.63, 3.8) is 0 Å². The third kappa shape index (κ3) is 4.50. The van der Waals surface area contributed by atoms with E-state index in [9.17, 15) is 18.0 Å². The zero-order valence-electron chi connectivity index (χ0n) is 13.1. The molecule has 1 heterocycles. The lowest BCUT2D eigenvalue weighted by Gasteiger charge is -2.25. The van der Waals surface area contributed by atoms with E-state index in [1.807, 2.05) is 6.08 Å². The molecule has 1 N–H and O–H groups in total. The molecule has 0 aromatic heterocycles. The number of carbonyl (C=O) groups is 1. The van der Waals surface area contributed by atoms with Crippen LogP contribution >= 0.6 is 0 Å². The number of benzene rings is 1. The third-order valence-corrected chi connectivity index (χ3v) is 4.04. The molecule has 0 unspecified atom stereocenters. The van der Waals surface area contributed by atoms with Gasteiger partial charge in [-0.3, -0.25) is 4.79 Å². The SMILES string of the molecule is O=C(C1=CCCNC1)N(Cc1cccc(OC(F)(F)F)c1)C1CC1. The highest BCUT2D eigenvalue weighted by Crippen LogP contribution is 2.31. The lowest BCUT2D eigenvalue weighted by molar-refractivity contribution is -0.274. The van der Waals surface area contributed by atoms with Crippen molar-refractivity contribution in [3.05, 3.63) is 41.5 Å². The largest absolute Gasteiger partial charge is 0.573 e. The fourth-order valence-corrected chi connectivity index (χ4v) is 2.78. The number of hydrogen-bond acceptors (Lipinski definition) is 3. The topological polar surface area (TPSA) is 41.6 Å². The van der Waals surface area contributed by atoms with Crippen LogP contribution in [0.2, 0.25) is 0 Å². The molecular weight excluding hydrogens is 321 g/mol. The Morgan fingerprint density at radius 2 is 2.12 bits per heavy atom. The average Bonchev–Trinajstić information content (AvgIpc) is 3.36. The molecule has 0 radical (unpaired) electrons. The zero-order chi connectivity index (χ0) is 17.2. The number of rotatable bonds is 5. The van der Waals surface area contributed by atoms with E-state index in [0.717, 1.165) is 31.4 Å². The van der Waals surface area contributed by atoms with Crippen molar-refractivity contribution in [1.82, 2.24) is 10.2 Å². The van der Waals surface area contributed by atoms with Gasteiger partial charge < -0.3 is 15.0 Å².